The minimum absolute atomic E-state index is 0.272. The molecule has 1 N–H and O–H groups in total. The van der Waals surface area contributed by atoms with Crippen LogP contribution in [0, 0.1) is 5.41 Å². The molecule has 1 aromatic carbocycles. The Morgan fingerprint density at radius 1 is 1.24 bits per heavy atom. The van der Waals surface area contributed by atoms with Gasteiger partial charge in [-0.1, -0.05) is 18.2 Å². The lowest BCUT2D eigenvalue weighted by molar-refractivity contribution is 0.133. The number of benzene rings is 1. The van der Waals surface area contributed by atoms with Crippen LogP contribution in [0.2, 0.25) is 0 Å². The lowest BCUT2D eigenvalue weighted by atomic mass is 9.82. The second-order valence-electron chi connectivity index (χ2n) is 5.74. The fourth-order valence-corrected chi connectivity index (χ4v) is 2.76. The molecule has 1 aliphatic heterocycles. The van der Waals surface area contributed by atoms with Gasteiger partial charge < -0.3 is 19.5 Å². The van der Waals surface area contributed by atoms with Crippen molar-refractivity contribution in [3.63, 3.8) is 0 Å². The molecule has 0 amide bonds. The first-order valence-corrected chi connectivity index (χ1v) is 7.80. The van der Waals surface area contributed by atoms with E-state index in [0.29, 0.717) is 0 Å². The van der Waals surface area contributed by atoms with E-state index >= 15 is 0 Å². The highest BCUT2D eigenvalue weighted by atomic mass is 16.5. The van der Waals surface area contributed by atoms with Crippen molar-refractivity contribution < 1.29 is 14.2 Å². The average molecular weight is 293 g/mol. The summed E-state index contributed by atoms with van der Waals surface area (Å²) in [6.45, 7) is 5.17. The van der Waals surface area contributed by atoms with E-state index in [2.05, 4.69) is 5.32 Å². The lowest BCUT2D eigenvalue weighted by Crippen LogP contribution is -2.36. The zero-order chi connectivity index (χ0) is 14.8. The molecule has 1 aromatic rings. The molecule has 1 unspecified atom stereocenters. The largest absolute Gasteiger partial charge is 0.494 e. The molecule has 1 atom stereocenters. The molecule has 0 saturated carbocycles. The molecule has 2 rings (SSSR count). The third-order valence-electron chi connectivity index (χ3n) is 4.03. The number of nitrogens with one attached hydrogen (secondary N) is 1. The predicted molar refractivity (Wildman–Crippen MR) is 83.8 cm³/mol. The molecule has 4 nitrogen and oxygen atoms in total. The molecule has 4 heteroatoms. The fourth-order valence-electron chi connectivity index (χ4n) is 2.76. The molecule has 0 bridgehead atoms. The van der Waals surface area contributed by atoms with Crippen molar-refractivity contribution >= 4 is 0 Å². The summed E-state index contributed by atoms with van der Waals surface area (Å²) in [7, 11) is 1.73. The van der Waals surface area contributed by atoms with Gasteiger partial charge in [-0.15, -0.1) is 0 Å². The molecular weight excluding hydrogens is 266 g/mol. The summed E-state index contributed by atoms with van der Waals surface area (Å²) in [5, 5.41) is 3.48. The highest BCUT2D eigenvalue weighted by Crippen LogP contribution is 2.33. The molecule has 0 radical (unpaired) electrons. The van der Waals surface area contributed by atoms with Crippen molar-refractivity contribution in [2.75, 3.05) is 46.6 Å². The molecule has 1 heterocycles. The van der Waals surface area contributed by atoms with Crippen LogP contribution in [0.5, 0.6) is 5.75 Å². The minimum Gasteiger partial charge on any atom is -0.494 e. The summed E-state index contributed by atoms with van der Waals surface area (Å²) >= 11 is 0. The van der Waals surface area contributed by atoms with Crippen molar-refractivity contribution in [3.8, 4) is 5.75 Å². The molecule has 1 saturated heterocycles. The molecular formula is C17H27NO3. The number of hydrogen-bond donors (Lipinski definition) is 1. The van der Waals surface area contributed by atoms with Gasteiger partial charge in [0.2, 0.25) is 0 Å². The van der Waals surface area contributed by atoms with E-state index in [1.54, 1.807) is 7.11 Å². The van der Waals surface area contributed by atoms with E-state index in [0.717, 1.165) is 64.5 Å². The van der Waals surface area contributed by atoms with Crippen LogP contribution in [0.25, 0.3) is 0 Å². The van der Waals surface area contributed by atoms with E-state index in [1.807, 2.05) is 30.3 Å². The van der Waals surface area contributed by atoms with Gasteiger partial charge >= 0.3 is 0 Å². The molecule has 0 aromatic heterocycles. The monoisotopic (exact) mass is 293 g/mol. The Bertz CT molecular complexity index is 377. The quantitative estimate of drug-likeness (QED) is 0.673. The Morgan fingerprint density at radius 3 is 2.81 bits per heavy atom. The predicted octanol–water partition coefficient (Wildman–Crippen LogP) is 2.49. The minimum atomic E-state index is 0.272. The highest BCUT2D eigenvalue weighted by Gasteiger charge is 2.33. The van der Waals surface area contributed by atoms with Crippen LogP contribution in [-0.2, 0) is 9.47 Å². The standard InChI is InChI=1S/C17H27NO3/c1-19-13-10-18-14-17(9-12-20-15-17)8-5-11-21-16-6-3-2-4-7-16/h2-4,6-7,18H,5,8-15H2,1H3. The molecule has 1 fully saturated rings. The summed E-state index contributed by atoms with van der Waals surface area (Å²) in [6.07, 6.45) is 3.34. The smallest absolute Gasteiger partial charge is 0.119 e. The zero-order valence-electron chi connectivity index (χ0n) is 13.0. The van der Waals surface area contributed by atoms with Crippen LogP contribution in [0.3, 0.4) is 0 Å². The first kappa shape index (κ1) is 16.3. The van der Waals surface area contributed by atoms with Crippen LogP contribution < -0.4 is 10.1 Å². The summed E-state index contributed by atoms with van der Waals surface area (Å²) < 4.78 is 16.5. The Labute approximate surface area is 127 Å². The maximum Gasteiger partial charge on any atom is 0.119 e. The third-order valence-corrected chi connectivity index (χ3v) is 4.03. The molecule has 0 spiro atoms. The van der Waals surface area contributed by atoms with E-state index in [4.69, 9.17) is 14.2 Å². The highest BCUT2D eigenvalue weighted by molar-refractivity contribution is 5.20. The van der Waals surface area contributed by atoms with Gasteiger partial charge in [-0.25, -0.2) is 0 Å². The van der Waals surface area contributed by atoms with Crippen LogP contribution in [-0.4, -0.2) is 46.6 Å². The Hall–Kier alpha value is -1.10. The molecule has 0 aliphatic carbocycles. The number of methoxy groups -OCH3 is 1. The van der Waals surface area contributed by atoms with Gasteiger partial charge in [-0.2, -0.15) is 0 Å². The average Bonchev–Trinajstić information content (AvgIpc) is 2.99. The van der Waals surface area contributed by atoms with Gasteiger partial charge in [-0.3, -0.25) is 0 Å². The van der Waals surface area contributed by atoms with E-state index in [1.165, 1.54) is 0 Å². The number of rotatable bonds is 10. The second-order valence-corrected chi connectivity index (χ2v) is 5.74. The van der Waals surface area contributed by atoms with Crippen LogP contribution in [0.1, 0.15) is 19.3 Å². The van der Waals surface area contributed by atoms with Crippen molar-refractivity contribution in [2.24, 2.45) is 5.41 Å². The number of para-hydroxylation sites is 1. The summed E-state index contributed by atoms with van der Waals surface area (Å²) in [5.41, 5.74) is 0.272. The van der Waals surface area contributed by atoms with E-state index in [-0.39, 0.29) is 5.41 Å². The van der Waals surface area contributed by atoms with E-state index in [9.17, 15) is 0 Å². The SMILES string of the molecule is COCCNCC1(CCCOc2ccccc2)CCOC1. The van der Waals surface area contributed by atoms with Gasteiger partial charge in [0.25, 0.3) is 0 Å². The van der Waals surface area contributed by atoms with Gasteiger partial charge in [0.1, 0.15) is 5.75 Å². The Balaban J connectivity index is 1.67. The van der Waals surface area contributed by atoms with Crippen LogP contribution in [0.4, 0.5) is 0 Å². The van der Waals surface area contributed by atoms with Gasteiger partial charge in [0, 0.05) is 32.2 Å². The van der Waals surface area contributed by atoms with Crippen molar-refractivity contribution in [1.82, 2.24) is 5.32 Å². The van der Waals surface area contributed by atoms with Crippen LogP contribution in [0.15, 0.2) is 30.3 Å². The number of ether oxygens (including phenoxy) is 3. The normalized spacial score (nSPS) is 21.6. The zero-order valence-corrected chi connectivity index (χ0v) is 13.0. The summed E-state index contributed by atoms with van der Waals surface area (Å²) in [4.78, 5) is 0. The lowest BCUT2D eigenvalue weighted by Gasteiger charge is -2.27. The fraction of sp³-hybridized carbons (Fsp3) is 0.647. The van der Waals surface area contributed by atoms with Crippen molar-refractivity contribution in [1.29, 1.82) is 0 Å². The number of hydrogen-bond acceptors (Lipinski definition) is 4. The van der Waals surface area contributed by atoms with Crippen LogP contribution >= 0.6 is 0 Å². The third kappa shape index (κ3) is 5.65. The summed E-state index contributed by atoms with van der Waals surface area (Å²) in [6, 6.07) is 10.0. The topological polar surface area (TPSA) is 39.7 Å². The van der Waals surface area contributed by atoms with Gasteiger partial charge in [0.05, 0.1) is 19.8 Å². The maximum atomic E-state index is 5.77. The summed E-state index contributed by atoms with van der Waals surface area (Å²) in [5.74, 6) is 0.951. The van der Waals surface area contributed by atoms with E-state index < -0.39 is 0 Å². The van der Waals surface area contributed by atoms with Crippen molar-refractivity contribution in [3.05, 3.63) is 30.3 Å². The van der Waals surface area contributed by atoms with Gasteiger partial charge in [0.15, 0.2) is 0 Å². The molecule has 21 heavy (non-hydrogen) atoms. The van der Waals surface area contributed by atoms with Crippen molar-refractivity contribution in [2.45, 2.75) is 19.3 Å². The van der Waals surface area contributed by atoms with Gasteiger partial charge in [-0.05, 0) is 31.4 Å². The Morgan fingerprint density at radius 2 is 2.10 bits per heavy atom. The first-order valence-electron chi connectivity index (χ1n) is 7.80. The Kier molecular flexibility index (Phi) is 7.00. The molecule has 1 aliphatic rings. The molecule has 118 valence electrons. The maximum absolute atomic E-state index is 5.77. The first-order chi connectivity index (χ1) is 10.3. The second kappa shape index (κ2) is 9.03.